The fourth-order valence-corrected chi connectivity index (χ4v) is 6.07. The van der Waals surface area contributed by atoms with E-state index in [1.54, 1.807) is 0 Å². The number of nitrogens with zero attached hydrogens (tertiary/aromatic N) is 1. The van der Waals surface area contributed by atoms with Crippen LogP contribution in [0.2, 0.25) is 0 Å². The van der Waals surface area contributed by atoms with Gasteiger partial charge in [0.05, 0.1) is 26.4 Å². The van der Waals surface area contributed by atoms with E-state index in [9.17, 15) is 4.79 Å². The van der Waals surface area contributed by atoms with Crippen LogP contribution in [0.3, 0.4) is 0 Å². The minimum atomic E-state index is -0.837. The van der Waals surface area contributed by atoms with Gasteiger partial charge < -0.3 is 33.7 Å². The molecule has 1 fully saturated rings. The molecule has 2 aliphatic rings. The lowest BCUT2D eigenvalue weighted by Gasteiger charge is -2.38. The van der Waals surface area contributed by atoms with E-state index in [1.165, 1.54) is 5.39 Å². The number of aliphatic hydroxyl groups is 1. The van der Waals surface area contributed by atoms with Crippen molar-refractivity contribution in [1.29, 1.82) is 0 Å². The van der Waals surface area contributed by atoms with Gasteiger partial charge in [-0.25, -0.2) is 0 Å². The second-order valence-electron chi connectivity index (χ2n) is 11.4. The van der Waals surface area contributed by atoms with Gasteiger partial charge in [0, 0.05) is 59.9 Å². The molecule has 8 heteroatoms. The minimum Gasteiger partial charge on any atom is -0.490 e. The fourth-order valence-electron chi connectivity index (χ4n) is 6.07. The van der Waals surface area contributed by atoms with Gasteiger partial charge in [0.15, 0.2) is 5.60 Å². The molecule has 1 N–H and O–H groups in total. The maximum Gasteiger partial charge on any atom is 0.305 e. The first kappa shape index (κ1) is 31.6. The van der Waals surface area contributed by atoms with Crippen LogP contribution in [-0.4, -0.2) is 70.4 Å². The summed E-state index contributed by atoms with van der Waals surface area (Å²) in [4.78, 5) is 14.4. The highest BCUT2D eigenvalue weighted by Crippen LogP contribution is 2.47. The van der Waals surface area contributed by atoms with Crippen LogP contribution in [0.4, 0.5) is 5.69 Å². The molecule has 240 valence electrons. The zero-order chi connectivity index (χ0) is 31.6. The molecule has 8 nitrogen and oxygen atoms in total. The lowest BCUT2D eigenvalue weighted by molar-refractivity contribution is -0.144. The van der Waals surface area contributed by atoms with Crippen LogP contribution in [0.25, 0.3) is 16.8 Å². The van der Waals surface area contributed by atoms with E-state index >= 15 is 0 Å². The average Bonchev–Trinajstić information content (AvgIpc) is 3.12. The first-order valence-corrected chi connectivity index (χ1v) is 16.1. The van der Waals surface area contributed by atoms with Gasteiger partial charge in [0.25, 0.3) is 0 Å². The van der Waals surface area contributed by atoms with Gasteiger partial charge in [-0.2, -0.15) is 0 Å². The van der Waals surface area contributed by atoms with Crippen LogP contribution >= 0.6 is 0 Å². The molecule has 0 spiro atoms. The largest absolute Gasteiger partial charge is 0.490 e. The second-order valence-corrected chi connectivity index (χ2v) is 11.4. The Morgan fingerprint density at radius 1 is 0.826 bits per heavy atom. The third-order valence-electron chi connectivity index (χ3n) is 8.39. The maximum atomic E-state index is 12.0. The average molecular weight is 624 g/mol. The molecule has 2 heterocycles. The monoisotopic (exact) mass is 623 g/mol. The molecule has 2 aliphatic heterocycles. The van der Waals surface area contributed by atoms with E-state index in [4.69, 9.17) is 28.8 Å². The smallest absolute Gasteiger partial charge is 0.305 e. The van der Waals surface area contributed by atoms with Crippen LogP contribution in [0, 0.1) is 0 Å². The van der Waals surface area contributed by atoms with Crippen molar-refractivity contribution < 1.29 is 33.6 Å². The number of hydrogen-bond donors (Lipinski definition) is 1. The van der Waals surface area contributed by atoms with Gasteiger partial charge in [-0.3, -0.25) is 4.79 Å². The highest BCUT2D eigenvalue weighted by atomic mass is 16.6. The number of esters is 1. The van der Waals surface area contributed by atoms with E-state index in [2.05, 4.69) is 59.5 Å². The summed E-state index contributed by atoms with van der Waals surface area (Å²) in [5, 5.41) is 11.1. The number of carbonyl (C=O) groups is 1. The molecule has 1 unspecified atom stereocenters. The second kappa shape index (κ2) is 15.3. The van der Waals surface area contributed by atoms with Crippen molar-refractivity contribution in [2.75, 3.05) is 64.2 Å². The molecule has 6 rings (SSSR count). The van der Waals surface area contributed by atoms with E-state index in [1.807, 2.05) is 42.5 Å². The molecule has 4 aromatic carbocycles. The highest BCUT2D eigenvalue weighted by molar-refractivity contribution is 6.02. The number of anilines is 1. The number of carbonyl (C=O) groups excluding carboxylic acids is 1. The lowest BCUT2D eigenvalue weighted by atomic mass is 9.83. The molecule has 4 aromatic rings. The minimum absolute atomic E-state index is 0.00610. The molecular formula is C38H41NO7. The third-order valence-corrected chi connectivity index (χ3v) is 8.39. The highest BCUT2D eigenvalue weighted by Gasteiger charge is 2.38. The number of rotatable bonds is 14. The summed E-state index contributed by atoms with van der Waals surface area (Å²) in [6, 6.07) is 28.9. The van der Waals surface area contributed by atoms with Crippen molar-refractivity contribution in [3.8, 4) is 11.5 Å². The summed E-state index contributed by atoms with van der Waals surface area (Å²) in [5.74, 6) is 1.27. The first-order chi connectivity index (χ1) is 22.7. The molecule has 0 aromatic heterocycles. The topological polar surface area (TPSA) is 86.7 Å². The van der Waals surface area contributed by atoms with Crippen molar-refractivity contribution >= 4 is 28.5 Å². The summed E-state index contributed by atoms with van der Waals surface area (Å²) in [5.41, 5.74) is 3.40. The summed E-state index contributed by atoms with van der Waals surface area (Å²) in [6.07, 6.45) is 6.11. The fraction of sp³-hybridized carbons (Fsp3) is 0.342. The van der Waals surface area contributed by atoms with Gasteiger partial charge in [0.2, 0.25) is 0 Å². The van der Waals surface area contributed by atoms with E-state index < -0.39 is 5.60 Å². The SMILES string of the molecule is O=C(CCCCOCCO)OCCOc1ccc(C2(c3ccccc3)C=Cc3c(cc(N4CCOCC4)c4ccccc34)O2)cc1. The predicted molar refractivity (Wildman–Crippen MR) is 179 cm³/mol. The number of ether oxygens (including phenoxy) is 5. The normalized spacial score (nSPS) is 17.4. The van der Waals surface area contributed by atoms with Crippen molar-refractivity contribution in [2.45, 2.75) is 24.9 Å². The Hall–Kier alpha value is -4.37. The van der Waals surface area contributed by atoms with E-state index in [0.717, 1.165) is 53.0 Å². The van der Waals surface area contributed by atoms with Crippen LogP contribution in [0.5, 0.6) is 11.5 Å². The van der Waals surface area contributed by atoms with Crippen molar-refractivity contribution in [3.63, 3.8) is 0 Å². The molecule has 0 radical (unpaired) electrons. The predicted octanol–water partition coefficient (Wildman–Crippen LogP) is 6.13. The Bertz CT molecular complexity index is 1620. The lowest BCUT2D eigenvalue weighted by Crippen LogP contribution is -2.37. The molecule has 0 bridgehead atoms. The Labute approximate surface area is 270 Å². The maximum absolute atomic E-state index is 12.0. The summed E-state index contributed by atoms with van der Waals surface area (Å²) >= 11 is 0. The quantitative estimate of drug-likeness (QED) is 0.133. The number of fused-ring (bicyclic) bond motifs is 3. The molecule has 0 saturated carbocycles. The summed E-state index contributed by atoms with van der Waals surface area (Å²) in [6.45, 7) is 4.38. The number of aliphatic hydroxyl groups excluding tert-OH is 1. The van der Waals surface area contributed by atoms with Crippen LogP contribution in [0.15, 0.2) is 91.0 Å². The van der Waals surface area contributed by atoms with Gasteiger partial charge in [-0.05, 0) is 42.5 Å². The molecule has 1 saturated heterocycles. The van der Waals surface area contributed by atoms with Crippen molar-refractivity contribution in [3.05, 3.63) is 108 Å². The molecule has 1 atom stereocenters. The molecular weight excluding hydrogens is 582 g/mol. The number of morpholine rings is 1. The third kappa shape index (κ3) is 7.20. The van der Waals surface area contributed by atoms with Crippen molar-refractivity contribution in [1.82, 2.24) is 0 Å². The van der Waals surface area contributed by atoms with Gasteiger partial charge in [0.1, 0.15) is 24.7 Å². The molecule has 0 amide bonds. The van der Waals surface area contributed by atoms with Gasteiger partial charge >= 0.3 is 5.97 Å². The Kier molecular flexibility index (Phi) is 10.5. The van der Waals surface area contributed by atoms with Crippen molar-refractivity contribution in [2.24, 2.45) is 0 Å². The van der Waals surface area contributed by atoms with Crippen LogP contribution < -0.4 is 14.4 Å². The molecule has 0 aliphatic carbocycles. The van der Waals surface area contributed by atoms with Gasteiger partial charge in [-0.15, -0.1) is 0 Å². The van der Waals surface area contributed by atoms with Gasteiger partial charge in [-0.1, -0.05) is 66.7 Å². The number of hydrogen-bond acceptors (Lipinski definition) is 8. The Morgan fingerprint density at radius 3 is 2.35 bits per heavy atom. The standard InChI is InChI=1S/C38H41NO7/c40-21-25-42-22-7-6-12-37(41)45-27-26-44-31-15-13-30(14-16-31)38(29-8-2-1-3-9-29)18-17-34-32-10-4-5-11-33(32)35(28-36(34)46-38)39-19-23-43-24-20-39/h1-5,8-11,13-18,28,40H,6-7,12,19-27H2. The Morgan fingerprint density at radius 2 is 1.57 bits per heavy atom. The summed E-state index contributed by atoms with van der Waals surface area (Å²) < 4.78 is 29.2. The van der Waals surface area contributed by atoms with Crippen LogP contribution in [-0.2, 0) is 24.6 Å². The Balaban J connectivity index is 1.17. The first-order valence-electron chi connectivity index (χ1n) is 16.1. The van der Waals surface area contributed by atoms with E-state index in [-0.39, 0.29) is 25.8 Å². The van der Waals surface area contributed by atoms with Crippen LogP contribution in [0.1, 0.15) is 36.0 Å². The zero-order valence-electron chi connectivity index (χ0n) is 26.1. The number of unbranched alkanes of at least 4 members (excludes halogenated alkanes) is 1. The number of benzene rings is 4. The zero-order valence-corrected chi connectivity index (χ0v) is 26.1. The van der Waals surface area contributed by atoms with E-state index in [0.29, 0.717) is 45.0 Å². The molecule has 46 heavy (non-hydrogen) atoms. The summed E-state index contributed by atoms with van der Waals surface area (Å²) in [7, 11) is 0.